The quantitative estimate of drug-likeness (QED) is 0.0950. The first-order valence-electron chi connectivity index (χ1n) is 25.0. The van der Waals surface area contributed by atoms with Gasteiger partial charge in [0.15, 0.2) is 0 Å². The minimum Gasteiger partial charge on any atom is -0.478 e. The first-order valence-corrected chi connectivity index (χ1v) is 25.0. The molecule has 4 amide bonds. The van der Waals surface area contributed by atoms with Crippen molar-refractivity contribution in [1.82, 2.24) is 20.4 Å². The fourth-order valence-corrected chi connectivity index (χ4v) is 8.12. The van der Waals surface area contributed by atoms with Crippen LogP contribution in [-0.2, 0) is 28.8 Å². The van der Waals surface area contributed by atoms with E-state index in [0.29, 0.717) is 62.8 Å². The highest BCUT2D eigenvalue weighted by Gasteiger charge is 2.42. The Kier molecular flexibility index (Phi) is 24.0. The summed E-state index contributed by atoms with van der Waals surface area (Å²) in [7, 11) is 0. The number of aryl methyl sites for hydroxylation is 2. The van der Waals surface area contributed by atoms with Gasteiger partial charge < -0.3 is 52.3 Å². The maximum atomic E-state index is 13.8. The van der Waals surface area contributed by atoms with Crippen LogP contribution in [0.25, 0.3) is 0 Å². The molecular weight excluding hydrogens is 959 g/mol. The number of hydrogen-bond acceptors (Lipinski definition) is 12. The molecule has 2 aliphatic heterocycles. The van der Waals surface area contributed by atoms with E-state index in [1.165, 1.54) is 24.3 Å². The second-order valence-electron chi connectivity index (χ2n) is 23.5. The number of aliphatic hydroxyl groups excluding tert-OH is 2. The Labute approximate surface area is 436 Å². The summed E-state index contributed by atoms with van der Waals surface area (Å²) in [5.41, 5.74) is 14.5. The van der Waals surface area contributed by atoms with Crippen molar-refractivity contribution in [2.24, 2.45) is 34.1 Å². The number of hydrogen-bond donors (Lipinski definition) is 8. The number of aliphatic hydroxyl groups is 2. The second kappa shape index (κ2) is 27.4. The molecule has 2 aliphatic rings. The highest BCUT2D eigenvalue weighted by atomic mass is 19.1. The zero-order valence-electron chi connectivity index (χ0n) is 46.1. The van der Waals surface area contributed by atoms with Gasteiger partial charge in [0.25, 0.3) is 0 Å². The number of carboxylic acid groups (broad SMARTS) is 2. The van der Waals surface area contributed by atoms with Gasteiger partial charge in [0.2, 0.25) is 23.6 Å². The van der Waals surface area contributed by atoms with Gasteiger partial charge >= 0.3 is 11.9 Å². The van der Waals surface area contributed by atoms with Crippen molar-refractivity contribution in [3.8, 4) is 0 Å². The summed E-state index contributed by atoms with van der Waals surface area (Å²) in [5.74, 6) is -4.52. The maximum Gasteiger partial charge on any atom is 0.328 e. The number of nitrogens with two attached hydrogens (primary N) is 2. The third-order valence-corrected chi connectivity index (χ3v) is 12.9. The van der Waals surface area contributed by atoms with Crippen LogP contribution < -0.4 is 31.9 Å². The van der Waals surface area contributed by atoms with E-state index < -0.39 is 47.3 Å². The Hall–Kier alpha value is -5.38. The molecule has 2 aromatic carbocycles. The summed E-state index contributed by atoms with van der Waals surface area (Å²) < 4.78 is 27.6. The van der Waals surface area contributed by atoms with Crippen LogP contribution in [0.5, 0.6) is 0 Å². The van der Waals surface area contributed by atoms with E-state index in [4.69, 9.17) is 21.7 Å². The van der Waals surface area contributed by atoms with E-state index in [2.05, 4.69) is 10.6 Å². The molecule has 6 atom stereocenters. The number of anilines is 2. The minimum atomic E-state index is -1.26. The van der Waals surface area contributed by atoms with Gasteiger partial charge in [-0.2, -0.15) is 0 Å². The molecule has 0 radical (unpaired) electrons. The number of carbonyl (C=O) groups is 6. The molecule has 2 aromatic rings. The van der Waals surface area contributed by atoms with Crippen LogP contribution in [-0.4, -0.2) is 154 Å². The lowest BCUT2D eigenvalue weighted by molar-refractivity contribution is -0.134. The van der Waals surface area contributed by atoms with Crippen LogP contribution in [0.3, 0.4) is 0 Å². The van der Waals surface area contributed by atoms with Crippen LogP contribution in [0.15, 0.2) is 48.6 Å². The summed E-state index contributed by atoms with van der Waals surface area (Å²) in [6.07, 6.45) is -0.156. The molecule has 2 saturated heterocycles. The van der Waals surface area contributed by atoms with Crippen molar-refractivity contribution in [1.29, 1.82) is 0 Å². The molecule has 18 nitrogen and oxygen atoms in total. The number of aliphatic carboxylic acids is 2. The molecule has 2 fully saturated rings. The summed E-state index contributed by atoms with van der Waals surface area (Å²) >= 11 is 0. The van der Waals surface area contributed by atoms with Gasteiger partial charge in [-0.15, -0.1) is 0 Å². The fraction of sp³-hybridized carbons (Fsp3) is 0.630. The molecule has 0 bridgehead atoms. The average molecular weight is 1050 g/mol. The molecule has 0 spiro atoms. The topological polar surface area (TPSA) is 272 Å². The summed E-state index contributed by atoms with van der Waals surface area (Å²) in [6, 6.07) is 7.66. The van der Waals surface area contributed by atoms with E-state index in [9.17, 15) is 47.8 Å². The smallest absolute Gasteiger partial charge is 0.328 e. The lowest BCUT2D eigenvalue weighted by Crippen LogP contribution is -2.64. The normalized spacial score (nSPS) is 18.7. The van der Waals surface area contributed by atoms with Crippen molar-refractivity contribution >= 4 is 46.9 Å². The fourth-order valence-electron chi connectivity index (χ4n) is 8.12. The Morgan fingerprint density at radius 2 is 0.959 bits per heavy atom. The number of benzene rings is 2. The molecule has 20 heteroatoms. The lowest BCUT2D eigenvalue weighted by atomic mass is 9.93. The predicted molar refractivity (Wildman–Crippen MR) is 283 cm³/mol. The van der Waals surface area contributed by atoms with Crippen molar-refractivity contribution < 1.29 is 58.0 Å². The number of halogens is 2. The van der Waals surface area contributed by atoms with Gasteiger partial charge in [-0.1, -0.05) is 67.5 Å². The van der Waals surface area contributed by atoms with Gasteiger partial charge in [-0.25, -0.2) is 18.4 Å². The van der Waals surface area contributed by atoms with Crippen molar-refractivity contribution in [2.45, 2.75) is 145 Å². The van der Waals surface area contributed by atoms with Crippen LogP contribution in [0.2, 0.25) is 0 Å². The van der Waals surface area contributed by atoms with E-state index in [1.807, 2.05) is 92.9 Å². The predicted octanol–water partition coefficient (Wildman–Crippen LogP) is 4.59. The lowest BCUT2D eigenvalue weighted by Gasteiger charge is -2.48. The number of nitrogens with one attached hydrogen (secondary N) is 2. The minimum absolute atomic E-state index is 0.0191. The van der Waals surface area contributed by atoms with Gasteiger partial charge in [0.05, 0.1) is 25.3 Å². The number of carboxylic acids is 2. The molecule has 0 unspecified atom stereocenters. The Balaban J connectivity index is 0.000000441. The van der Waals surface area contributed by atoms with Gasteiger partial charge in [-0.05, 0) is 101 Å². The maximum absolute atomic E-state index is 13.8. The number of rotatable bonds is 18. The van der Waals surface area contributed by atoms with Crippen molar-refractivity contribution in [3.63, 3.8) is 0 Å². The molecule has 4 rings (SSSR count). The number of amides is 4. The average Bonchev–Trinajstić information content (AvgIpc) is 3.27. The SMILES string of the molecule is Cc1ccc(F)cc1N1CC(C)(C)N(C[C@H](N)[C@@H](O)C[C@@H](C)C(=O)NCC(C)(C)C)CC1=O.Cc1ccc(F)cc1N1CC(C)(C)N(C[C@H](N)[C@@H](O)C[C@@H](C)C(=O)NCC(C)(C)C)CC1=O.O=C(O)/C=C/C(=O)O. The molecule has 416 valence electrons. The third-order valence-electron chi connectivity index (χ3n) is 12.9. The van der Waals surface area contributed by atoms with Crippen LogP contribution >= 0.6 is 0 Å². The highest BCUT2D eigenvalue weighted by molar-refractivity contribution is 5.97. The molecule has 74 heavy (non-hydrogen) atoms. The zero-order valence-corrected chi connectivity index (χ0v) is 46.1. The zero-order chi connectivity index (χ0) is 56.8. The first-order chi connectivity index (χ1) is 33.8. The first kappa shape index (κ1) is 64.7. The molecule has 2 heterocycles. The van der Waals surface area contributed by atoms with E-state index in [-0.39, 0.29) is 83.9 Å². The summed E-state index contributed by atoms with van der Waals surface area (Å²) in [4.78, 5) is 76.8. The molecular formula is C54H86F2N8O10. The van der Waals surface area contributed by atoms with E-state index >= 15 is 0 Å². The van der Waals surface area contributed by atoms with Gasteiger partial charge in [-0.3, -0.25) is 29.0 Å². The summed E-state index contributed by atoms with van der Waals surface area (Å²) in [6.45, 7) is 30.3. The molecule has 0 saturated carbocycles. The second-order valence-corrected chi connectivity index (χ2v) is 23.5. The number of carbonyl (C=O) groups excluding carboxylic acids is 4. The van der Waals surface area contributed by atoms with Crippen LogP contribution in [0, 0.1) is 48.1 Å². The molecule has 10 N–H and O–H groups in total. The number of piperazine rings is 2. The van der Waals surface area contributed by atoms with Crippen LogP contribution in [0.1, 0.15) is 107 Å². The van der Waals surface area contributed by atoms with Crippen molar-refractivity contribution in [3.05, 3.63) is 71.3 Å². The standard InChI is InChI=1S/2C25H41FN4O3.C4H4O4/c2*1-16-8-9-18(26)11-20(16)30-15-25(6,7)29(13-22(30)32)12-19(27)21(31)10-17(2)23(33)28-14-24(3,4)5;5-3(6)1-2-4(7)8/h2*8-9,11,17,19,21,31H,10,12-15,27H2,1-7H3,(H,28,33);1-2H,(H,5,6)(H,7,8)/b;;2-1+/t2*17-,19+,21+;/m11./s1. The van der Waals surface area contributed by atoms with E-state index in [0.717, 1.165) is 11.1 Å². The Morgan fingerprint density at radius 3 is 1.24 bits per heavy atom. The van der Waals surface area contributed by atoms with Crippen LogP contribution in [0.4, 0.5) is 20.2 Å². The largest absolute Gasteiger partial charge is 0.478 e. The van der Waals surface area contributed by atoms with Gasteiger partial charge in [0, 0.05) is 97.8 Å². The van der Waals surface area contributed by atoms with E-state index in [1.54, 1.807) is 35.8 Å². The molecule has 0 aromatic heterocycles. The highest BCUT2D eigenvalue weighted by Crippen LogP contribution is 2.31. The van der Waals surface area contributed by atoms with Crippen molar-refractivity contribution in [2.75, 3.05) is 62.2 Å². The molecule has 0 aliphatic carbocycles. The number of nitrogens with zero attached hydrogens (tertiary/aromatic N) is 4. The Bertz CT molecular complexity index is 2130. The monoisotopic (exact) mass is 1040 g/mol. The summed E-state index contributed by atoms with van der Waals surface area (Å²) in [5, 5.41) is 42.8. The van der Waals surface area contributed by atoms with Gasteiger partial charge in [0.1, 0.15) is 11.6 Å². The third kappa shape index (κ3) is 21.5. The Morgan fingerprint density at radius 1 is 0.649 bits per heavy atom.